The first-order valence-electron chi connectivity index (χ1n) is 5.98. The monoisotopic (exact) mass is 349 g/mol. The predicted molar refractivity (Wildman–Crippen MR) is 80.1 cm³/mol. The highest BCUT2D eigenvalue weighted by Crippen LogP contribution is 2.36. The molecule has 0 aliphatic heterocycles. The van der Waals surface area contributed by atoms with E-state index in [0.29, 0.717) is 0 Å². The summed E-state index contributed by atoms with van der Waals surface area (Å²) in [7, 11) is -3.93. The molecule has 0 saturated heterocycles. The lowest BCUT2D eigenvalue weighted by molar-refractivity contribution is 0.306. The summed E-state index contributed by atoms with van der Waals surface area (Å²) in [5.74, 6) is 0.276. The summed E-state index contributed by atoms with van der Waals surface area (Å²) in [5.41, 5.74) is 0.861. The van der Waals surface area contributed by atoms with Crippen molar-refractivity contribution in [3.63, 3.8) is 0 Å². The van der Waals surface area contributed by atoms with E-state index in [1.54, 1.807) is 10.9 Å². The van der Waals surface area contributed by atoms with E-state index in [1.165, 1.54) is 12.1 Å². The van der Waals surface area contributed by atoms with Crippen molar-refractivity contribution in [2.24, 2.45) is 5.14 Å². The van der Waals surface area contributed by atoms with Gasteiger partial charge in [0, 0.05) is 18.3 Å². The standard InChI is InChI=1S/C12H13Cl2N3O3S/c1-2-17-6-8(5-16-17)7-20-9-3-4-10(21(15,18)19)12(14)11(9)13/h3-6H,2,7H2,1H3,(H2,15,18,19). The number of aromatic nitrogens is 2. The molecule has 21 heavy (non-hydrogen) atoms. The van der Waals surface area contributed by atoms with Crippen LogP contribution in [-0.4, -0.2) is 18.2 Å². The number of hydrogen-bond acceptors (Lipinski definition) is 4. The number of aryl methyl sites for hydroxylation is 1. The molecule has 1 aromatic heterocycles. The van der Waals surface area contributed by atoms with Gasteiger partial charge in [-0.05, 0) is 19.1 Å². The summed E-state index contributed by atoms with van der Waals surface area (Å²) in [6.45, 7) is 2.97. The molecule has 0 bridgehead atoms. The largest absolute Gasteiger partial charge is 0.487 e. The van der Waals surface area contributed by atoms with Crippen molar-refractivity contribution < 1.29 is 13.2 Å². The average molecular weight is 350 g/mol. The molecule has 2 rings (SSSR count). The number of rotatable bonds is 5. The number of benzene rings is 1. The van der Waals surface area contributed by atoms with Crippen LogP contribution in [-0.2, 0) is 23.2 Å². The van der Waals surface area contributed by atoms with Crippen molar-refractivity contribution in [2.45, 2.75) is 25.0 Å². The molecule has 0 spiro atoms. The second-order valence-corrected chi connectivity index (χ2v) is 6.51. The van der Waals surface area contributed by atoms with Gasteiger partial charge in [-0.1, -0.05) is 23.2 Å². The van der Waals surface area contributed by atoms with Gasteiger partial charge in [-0.3, -0.25) is 4.68 Å². The molecule has 2 aromatic rings. The molecule has 0 atom stereocenters. The Hall–Kier alpha value is -1.28. The molecular formula is C12H13Cl2N3O3S. The maximum absolute atomic E-state index is 11.3. The second kappa shape index (κ2) is 6.23. The molecular weight excluding hydrogens is 337 g/mol. The second-order valence-electron chi connectivity index (χ2n) is 4.23. The SMILES string of the molecule is CCn1cc(COc2ccc(S(N)(=O)=O)c(Cl)c2Cl)cn1. The predicted octanol–water partition coefficient (Wildman–Crippen LogP) is 2.44. The smallest absolute Gasteiger partial charge is 0.239 e. The van der Waals surface area contributed by atoms with Crippen LogP contribution >= 0.6 is 23.2 Å². The maximum atomic E-state index is 11.3. The fourth-order valence-electron chi connectivity index (χ4n) is 1.66. The zero-order valence-electron chi connectivity index (χ0n) is 11.1. The number of ether oxygens (including phenoxy) is 1. The first-order valence-corrected chi connectivity index (χ1v) is 8.28. The first-order chi connectivity index (χ1) is 9.82. The van der Waals surface area contributed by atoms with Crippen molar-refractivity contribution in [2.75, 3.05) is 0 Å². The molecule has 0 saturated carbocycles. The summed E-state index contributed by atoms with van der Waals surface area (Å²) in [6.07, 6.45) is 3.52. The molecule has 0 unspecified atom stereocenters. The average Bonchev–Trinajstić information content (AvgIpc) is 2.87. The Kier molecular flexibility index (Phi) is 4.77. The quantitative estimate of drug-likeness (QED) is 0.897. The highest BCUT2D eigenvalue weighted by molar-refractivity contribution is 7.89. The van der Waals surface area contributed by atoms with E-state index in [4.69, 9.17) is 33.1 Å². The minimum absolute atomic E-state index is 0.00563. The third-order valence-electron chi connectivity index (χ3n) is 2.72. The molecule has 0 radical (unpaired) electrons. The van der Waals surface area contributed by atoms with Crippen LogP contribution in [0.2, 0.25) is 10.0 Å². The highest BCUT2D eigenvalue weighted by Gasteiger charge is 2.18. The Bertz CT molecular complexity index is 759. The third-order valence-corrected chi connectivity index (χ3v) is 4.65. The number of primary sulfonamides is 1. The summed E-state index contributed by atoms with van der Waals surface area (Å²) in [6, 6.07) is 2.67. The van der Waals surface area contributed by atoms with Gasteiger partial charge >= 0.3 is 0 Å². The zero-order chi connectivity index (χ0) is 15.6. The van der Waals surface area contributed by atoms with Gasteiger partial charge in [0.15, 0.2) is 0 Å². The van der Waals surface area contributed by atoms with E-state index in [1.807, 2.05) is 13.1 Å². The molecule has 0 fully saturated rings. The number of halogens is 2. The normalized spacial score (nSPS) is 11.6. The Morgan fingerprint density at radius 1 is 1.33 bits per heavy atom. The van der Waals surface area contributed by atoms with Crippen LogP contribution in [0.5, 0.6) is 5.75 Å². The van der Waals surface area contributed by atoms with E-state index in [0.717, 1.165) is 12.1 Å². The van der Waals surface area contributed by atoms with E-state index < -0.39 is 10.0 Å². The lowest BCUT2D eigenvalue weighted by atomic mass is 10.3. The van der Waals surface area contributed by atoms with Crippen LogP contribution in [0.15, 0.2) is 29.4 Å². The molecule has 9 heteroatoms. The first kappa shape index (κ1) is 16.1. The van der Waals surface area contributed by atoms with E-state index in [2.05, 4.69) is 5.10 Å². The Balaban J connectivity index is 2.20. The lowest BCUT2D eigenvalue weighted by Gasteiger charge is -2.10. The molecule has 1 aromatic carbocycles. The summed E-state index contributed by atoms with van der Waals surface area (Å²) in [5, 5.41) is 9.01. The zero-order valence-corrected chi connectivity index (χ0v) is 13.4. The summed E-state index contributed by atoms with van der Waals surface area (Å²) >= 11 is 11.9. The van der Waals surface area contributed by atoms with Crippen LogP contribution < -0.4 is 9.88 Å². The van der Waals surface area contributed by atoms with Crippen LogP contribution in [0, 0.1) is 0 Å². The molecule has 2 N–H and O–H groups in total. The molecule has 0 amide bonds. The Labute approximate surface area is 132 Å². The molecule has 1 heterocycles. The topological polar surface area (TPSA) is 87.2 Å². The van der Waals surface area contributed by atoms with Crippen molar-refractivity contribution >= 4 is 33.2 Å². The van der Waals surface area contributed by atoms with Crippen LogP contribution in [0.1, 0.15) is 12.5 Å². The van der Waals surface area contributed by atoms with Crippen LogP contribution in [0.4, 0.5) is 0 Å². The minimum atomic E-state index is -3.93. The number of sulfonamides is 1. The van der Waals surface area contributed by atoms with E-state index >= 15 is 0 Å². The van der Waals surface area contributed by atoms with Crippen molar-refractivity contribution in [1.29, 1.82) is 0 Å². The highest BCUT2D eigenvalue weighted by atomic mass is 35.5. The van der Waals surface area contributed by atoms with E-state index in [9.17, 15) is 8.42 Å². The van der Waals surface area contributed by atoms with Gasteiger partial charge in [-0.2, -0.15) is 5.10 Å². The van der Waals surface area contributed by atoms with Crippen LogP contribution in [0.25, 0.3) is 0 Å². The number of nitrogens with two attached hydrogens (primary N) is 1. The Morgan fingerprint density at radius 3 is 2.62 bits per heavy atom. The van der Waals surface area contributed by atoms with Crippen molar-refractivity contribution in [3.05, 3.63) is 40.1 Å². The van der Waals surface area contributed by atoms with Crippen molar-refractivity contribution in [3.8, 4) is 5.75 Å². The van der Waals surface area contributed by atoms with Gasteiger partial charge in [0.05, 0.1) is 11.2 Å². The van der Waals surface area contributed by atoms with Gasteiger partial charge in [-0.15, -0.1) is 0 Å². The fourth-order valence-corrected chi connectivity index (χ4v) is 3.02. The van der Waals surface area contributed by atoms with E-state index in [-0.39, 0.29) is 27.3 Å². The van der Waals surface area contributed by atoms with Gasteiger partial charge in [-0.25, -0.2) is 13.6 Å². The van der Waals surface area contributed by atoms with Gasteiger partial charge < -0.3 is 4.74 Å². The summed E-state index contributed by atoms with van der Waals surface area (Å²) in [4.78, 5) is -0.236. The van der Waals surface area contributed by atoms with Gasteiger partial charge in [0.1, 0.15) is 22.3 Å². The number of nitrogens with zero attached hydrogens (tertiary/aromatic N) is 2. The van der Waals surface area contributed by atoms with Crippen LogP contribution in [0.3, 0.4) is 0 Å². The summed E-state index contributed by atoms with van der Waals surface area (Å²) < 4.78 is 29.9. The molecule has 0 aliphatic rings. The van der Waals surface area contributed by atoms with Crippen molar-refractivity contribution in [1.82, 2.24) is 9.78 Å². The molecule has 114 valence electrons. The van der Waals surface area contributed by atoms with Gasteiger partial charge in [0.2, 0.25) is 10.0 Å². The van der Waals surface area contributed by atoms with Gasteiger partial charge in [0.25, 0.3) is 0 Å². The fraction of sp³-hybridized carbons (Fsp3) is 0.250. The molecule has 0 aliphatic carbocycles. The number of hydrogen-bond donors (Lipinski definition) is 1. The lowest BCUT2D eigenvalue weighted by Crippen LogP contribution is -2.13. The molecule has 6 nitrogen and oxygen atoms in total. The maximum Gasteiger partial charge on any atom is 0.239 e. The minimum Gasteiger partial charge on any atom is -0.487 e. The third kappa shape index (κ3) is 3.68. The Morgan fingerprint density at radius 2 is 2.05 bits per heavy atom.